The number of tetrazole rings is 1. The highest BCUT2D eigenvalue weighted by Gasteiger charge is 2.20. The van der Waals surface area contributed by atoms with Gasteiger partial charge in [-0.05, 0) is 41.0 Å². The smallest absolute Gasteiger partial charge is 0.209 e. The monoisotopic (exact) mass is 371 g/mol. The third-order valence-corrected chi connectivity index (χ3v) is 4.70. The number of hydrogen-bond donors (Lipinski definition) is 1. The zero-order valence-corrected chi connectivity index (χ0v) is 13.7. The fraction of sp³-hybridized carbons (Fsp3) is 0.462. The van der Waals surface area contributed by atoms with E-state index in [1.807, 2.05) is 6.07 Å². The molecule has 21 heavy (non-hydrogen) atoms. The van der Waals surface area contributed by atoms with E-state index in [0.29, 0.717) is 17.4 Å². The molecule has 0 spiro atoms. The SMILES string of the molecule is Fc1cc(Br)ccc1CSc1nnnn1CCNC1CC1. The minimum atomic E-state index is -0.216. The van der Waals surface area contributed by atoms with Gasteiger partial charge in [-0.3, -0.25) is 0 Å². The Bertz CT molecular complexity index is 616. The highest BCUT2D eigenvalue weighted by atomic mass is 79.9. The zero-order valence-electron chi connectivity index (χ0n) is 11.3. The first-order valence-corrected chi connectivity index (χ1v) is 8.56. The standard InChI is InChI=1S/C13H15BrFN5S/c14-10-2-1-9(12(15)7-10)8-21-13-17-18-19-20(13)6-5-16-11-3-4-11/h1-2,7,11,16H,3-6,8H2. The summed E-state index contributed by atoms with van der Waals surface area (Å²) in [4.78, 5) is 0. The molecule has 0 unspecified atom stereocenters. The van der Waals surface area contributed by atoms with Crippen LogP contribution in [0.4, 0.5) is 4.39 Å². The van der Waals surface area contributed by atoms with Gasteiger partial charge >= 0.3 is 0 Å². The van der Waals surface area contributed by atoms with Crippen LogP contribution in [0.15, 0.2) is 27.8 Å². The van der Waals surface area contributed by atoms with Crippen molar-refractivity contribution in [3.8, 4) is 0 Å². The van der Waals surface area contributed by atoms with Crippen LogP contribution in [-0.4, -0.2) is 32.8 Å². The number of nitrogens with zero attached hydrogens (tertiary/aromatic N) is 4. The molecule has 2 aromatic rings. The molecule has 0 radical (unpaired) electrons. The van der Waals surface area contributed by atoms with Crippen molar-refractivity contribution in [2.75, 3.05) is 6.54 Å². The summed E-state index contributed by atoms with van der Waals surface area (Å²) in [6, 6.07) is 5.75. The van der Waals surface area contributed by atoms with E-state index in [2.05, 4.69) is 36.8 Å². The van der Waals surface area contributed by atoms with Crippen LogP contribution in [0.1, 0.15) is 18.4 Å². The lowest BCUT2D eigenvalue weighted by molar-refractivity contribution is 0.509. The van der Waals surface area contributed by atoms with Gasteiger partial charge in [-0.15, -0.1) is 5.10 Å². The van der Waals surface area contributed by atoms with E-state index in [-0.39, 0.29) is 5.82 Å². The summed E-state index contributed by atoms with van der Waals surface area (Å²) in [6.45, 7) is 1.59. The first-order chi connectivity index (χ1) is 10.2. The Labute approximate surface area is 134 Å². The fourth-order valence-electron chi connectivity index (χ4n) is 1.88. The predicted octanol–water partition coefficient (Wildman–Crippen LogP) is 2.62. The first-order valence-electron chi connectivity index (χ1n) is 6.78. The normalized spacial score (nSPS) is 14.6. The number of hydrogen-bond acceptors (Lipinski definition) is 5. The highest BCUT2D eigenvalue weighted by molar-refractivity contribution is 9.10. The average Bonchev–Trinajstić information content (AvgIpc) is 3.17. The first kappa shape index (κ1) is 14.9. The summed E-state index contributed by atoms with van der Waals surface area (Å²) in [5.74, 6) is 0.293. The Morgan fingerprint density at radius 2 is 2.29 bits per heavy atom. The molecule has 1 aliphatic carbocycles. The molecule has 1 N–H and O–H groups in total. The topological polar surface area (TPSA) is 55.6 Å². The number of benzene rings is 1. The molecule has 8 heteroatoms. The van der Waals surface area contributed by atoms with Gasteiger partial charge < -0.3 is 5.32 Å². The van der Waals surface area contributed by atoms with E-state index >= 15 is 0 Å². The lowest BCUT2D eigenvalue weighted by Crippen LogP contribution is -2.22. The second-order valence-electron chi connectivity index (χ2n) is 4.94. The molecule has 1 saturated carbocycles. The van der Waals surface area contributed by atoms with Gasteiger partial charge in [0.15, 0.2) is 0 Å². The molecular formula is C13H15BrFN5S. The molecule has 1 aromatic heterocycles. The van der Waals surface area contributed by atoms with Crippen LogP contribution in [0.2, 0.25) is 0 Å². The molecule has 0 amide bonds. The Hall–Kier alpha value is -0.990. The van der Waals surface area contributed by atoms with Crippen LogP contribution in [0.3, 0.4) is 0 Å². The van der Waals surface area contributed by atoms with Gasteiger partial charge in [0.1, 0.15) is 5.82 Å². The van der Waals surface area contributed by atoms with Crippen LogP contribution in [0.25, 0.3) is 0 Å². The predicted molar refractivity (Wildman–Crippen MR) is 82.5 cm³/mol. The zero-order chi connectivity index (χ0) is 14.7. The highest BCUT2D eigenvalue weighted by Crippen LogP contribution is 2.24. The molecule has 0 atom stereocenters. The van der Waals surface area contributed by atoms with Crippen LogP contribution in [-0.2, 0) is 12.3 Å². The van der Waals surface area contributed by atoms with Crippen molar-refractivity contribution in [3.63, 3.8) is 0 Å². The van der Waals surface area contributed by atoms with E-state index < -0.39 is 0 Å². The number of aromatic nitrogens is 4. The van der Waals surface area contributed by atoms with Crippen LogP contribution in [0, 0.1) is 5.82 Å². The number of nitrogens with one attached hydrogen (secondary N) is 1. The van der Waals surface area contributed by atoms with Crippen molar-refractivity contribution in [1.29, 1.82) is 0 Å². The Morgan fingerprint density at radius 3 is 3.05 bits per heavy atom. The van der Waals surface area contributed by atoms with Crippen molar-refractivity contribution in [1.82, 2.24) is 25.5 Å². The summed E-state index contributed by atoms with van der Waals surface area (Å²) in [6.07, 6.45) is 2.53. The van der Waals surface area contributed by atoms with E-state index in [1.165, 1.54) is 30.7 Å². The molecule has 112 valence electrons. The third kappa shape index (κ3) is 4.24. The molecule has 1 fully saturated rings. The Morgan fingerprint density at radius 1 is 1.43 bits per heavy atom. The summed E-state index contributed by atoms with van der Waals surface area (Å²) in [5, 5.41) is 15.8. The van der Waals surface area contributed by atoms with E-state index in [1.54, 1.807) is 10.7 Å². The number of thioether (sulfide) groups is 1. The number of rotatable bonds is 7. The molecule has 5 nitrogen and oxygen atoms in total. The van der Waals surface area contributed by atoms with E-state index in [0.717, 1.165) is 22.7 Å². The Kier molecular flexibility index (Phi) is 4.87. The maximum atomic E-state index is 13.8. The van der Waals surface area contributed by atoms with Crippen molar-refractivity contribution in [3.05, 3.63) is 34.1 Å². The molecule has 1 aromatic carbocycles. The molecule has 1 aliphatic rings. The van der Waals surface area contributed by atoms with Gasteiger partial charge in [-0.25, -0.2) is 9.07 Å². The summed E-state index contributed by atoms with van der Waals surface area (Å²) in [7, 11) is 0. The molecule has 0 bridgehead atoms. The molecule has 0 aliphatic heterocycles. The van der Waals surface area contributed by atoms with Gasteiger partial charge in [0.05, 0.1) is 6.54 Å². The number of halogens is 2. The fourth-order valence-corrected chi connectivity index (χ4v) is 3.11. The summed E-state index contributed by atoms with van der Waals surface area (Å²) in [5.41, 5.74) is 0.647. The Balaban J connectivity index is 1.55. The average molecular weight is 372 g/mol. The van der Waals surface area contributed by atoms with Gasteiger partial charge in [0, 0.05) is 22.8 Å². The maximum absolute atomic E-state index is 13.8. The van der Waals surface area contributed by atoms with Crippen molar-refractivity contribution < 1.29 is 4.39 Å². The summed E-state index contributed by atoms with van der Waals surface area (Å²) >= 11 is 4.70. The lowest BCUT2D eigenvalue weighted by atomic mass is 10.2. The van der Waals surface area contributed by atoms with Crippen LogP contribution < -0.4 is 5.32 Å². The van der Waals surface area contributed by atoms with E-state index in [4.69, 9.17) is 0 Å². The summed E-state index contributed by atoms with van der Waals surface area (Å²) < 4.78 is 16.3. The maximum Gasteiger partial charge on any atom is 0.209 e. The van der Waals surface area contributed by atoms with Crippen LogP contribution in [0.5, 0.6) is 0 Å². The molecule has 3 rings (SSSR count). The van der Waals surface area contributed by atoms with Crippen molar-refractivity contribution >= 4 is 27.7 Å². The van der Waals surface area contributed by atoms with Crippen LogP contribution >= 0.6 is 27.7 Å². The molecular weight excluding hydrogens is 357 g/mol. The minimum absolute atomic E-state index is 0.216. The minimum Gasteiger partial charge on any atom is -0.312 e. The van der Waals surface area contributed by atoms with E-state index in [9.17, 15) is 4.39 Å². The van der Waals surface area contributed by atoms with Crippen molar-refractivity contribution in [2.45, 2.75) is 36.3 Å². The molecule has 1 heterocycles. The second-order valence-corrected chi connectivity index (χ2v) is 6.80. The van der Waals surface area contributed by atoms with Gasteiger partial charge in [-0.1, -0.05) is 33.8 Å². The van der Waals surface area contributed by atoms with Gasteiger partial charge in [0.25, 0.3) is 0 Å². The van der Waals surface area contributed by atoms with Gasteiger partial charge in [-0.2, -0.15) is 0 Å². The van der Waals surface area contributed by atoms with Crippen molar-refractivity contribution in [2.24, 2.45) is 0 Å². The third-order valence-electron chi connectivity index (χ3n) is 3.20. The van der Waals surface area contributed by atoms with Gasteiger partial charge in [0.2, 0.25) is 5.16 Å². The lowest BCUT2D eigenvalue weighted by Gasteiger charge is -2.06. The second kappa shape index (κ2) is 6.85. The molecule has 0 saturated heterocycles. The largest absolute Gasteiger partial charge is 0.312 e. The quantitative estimate of drug-likeness (QED) is 0.758.